The Morgan fingerprint density at radius 2 is 1.58 bits per heavy atom. The minimum absolute atomic E-state index is 0.220. The van der Waals surface area contributed by atoms with E-state index in [1.165, 1.54) is 31.4 Å². The van der Waals surface area contributed by atoms with Crippen molar-refractivity contribution in [1.82, 2.24) is 4.98 Å². The van der Waals surface area contributed by atoms with Crippen molar-refractivity contribution in [1.29, 1.82) is 0 Å². The van der Waals surface area contributed by atoms with Crippen LogP contribution < -0.4 is 19.1 Å². The summed E-state index contributed by atoms with van der Waals surface area (Å²) in [6, 6.07) is 12.7. The van der Waals surface area contributed by atoms with E-state index in [9.17, 15) is 36.2 Å². The van der Waals surface area contributed by atoms with Crippen LogP contribution in [-0.4, -0.2) is 35.6 Å². The number of ether oxygens (including phenoxy) is 3. The standard InChI is InChI=1S/C23H16F6N2O5/c1-34-18-3-2-4-19(30-18)35-14-7-5-13(6-8-14)12-31-17-10-9-15(36-23(27,28)29)11-16(17)21(33,20(31)32)22(24,25)26/h2-11,33H,12H2,1H3. The van der Waals surface area contributed by atoms with Crippen LogP contribution in [0.25, 0.3) is 0 Å². The van der Waals surface area contributed by atoms with Gasteiger partial charge in [-0.1, -0.05) is 18.2 Å². The van der Waals surface area contributed by atoms with E-state index < -0.39 is 47.6 Å². The first-order chi connectivity index (χ1) is 16.8. The quantitative estimate of drug-likeness (QED) is 0.463. The van der Waals surface area contributed by atoms with Crippen LogP contribution in [0, 0.1) is 0 Å². The van der Waals surface area contributed by atoms with Crippen molar-refractivity contribution in [2.45, 2.75) is 24.7 Å². The summed E-state index contributed by atoms with van der Waals surface area (Å²) in [5.74, 6) is -1.90. The molecule has 2 heterocycles. The van der Waals surface area contributed by atoms with Gasteiger partial charge in [0.2, 0.25) is 11.8 Å². The molecule has 3 aromatic rings. The maximum Gasteiger partial charge on any atom is 0.573 e. The summed E-state index contributed by atoms with van der Waals surface area (Å²) in [7, 11) is 1.43. The van der Waals surface area contributed by atoms with Gasteiger partial charge in [0.1, 0.15) is 11.5 Å². The van der Waals surface area contributed by atoms with Crippen molar-refractivity contribution in [3.05, 3.63) is 71.8 Å². The molecule has 0 aliphatic carbocycles. The van der Waals surface area contributed by atoms with Crippen LogP contribution in [0.3, 0.4) is 0 Å². The van der Waals surface area contributed by atoms with Crippen LogP contribution in [0.5, 0.6) is 23.3 Å². The number of alkyl halides is 6. The first kappa shape index (κ1) is 25.1. The molecule has 0 spiro atoms. The number of nitrogens with zero attached hydrogens (tertiary/aromatic N) is 2. The summed E-state index contributed by atoms with van der Waals surface area (Å²) >= 11 is 0. The molecule has 0 saturated heterocycles. The zero-order valence-corrected chi connectivity index (χ0v) is 18.2. The molecular formula is C23H16F6N2O5. The number of amides is 1. The van der Waals surface area contributed by atoms with E-state index >= 15 is 0 Å². The van der Waals surface area contributed by atoms with Crippen molar-refractivity contribution in [3.8, 4) is 23.3 Å². The smallest absolute Gasteiger partial charge is 0.481 e. The molecule has 1 atom stereocenters. The molecule has 0 fully saturated rings. The predicted octanol–water partition coefficient (Wildman–Crippen LogP) is 5.08. The third-order valence-corrected chi connectivity index (χ3v) is 5.24. The monoisotopic (exact) mass is 514 g/mol. The van der Waals surface area contributed by atoms with Gasteiger partial charge in [-0.05, 0) is 35.9 Å². The third-order valence-electron chi connectivity index (χ3n) is 5.24. The van der Waals surface area contributed by atoms with E-state index in [0.29, 0.717) is 28.2 Å². The van der Waals surface area contributed by atoms with E-state index in [2.05, 4.69) is 9.72 Å². The topological polar surface area (TPSA) is 81.1 Å². The highest BCUT2D eigenvalue weighted by Crippen LogP contribution is 2.51. The van der Waals surface area contributed by atoms with Crippen molar-refractivity contribution >= 4 is 11.6 Å². The molecule has 4 rings (SSSR count). The van der Waals surface area contributed by atoms with Crippen LogP contribution in [0.2, 0.25) is 0 Å². The minimum atomic E-state index is -5.51. The average molecular weight is 514 g/mol. The molecule has 36 heavy (non-hydrogen) atoms. The molecule has 0 radical (unpaired) electrons. The third kappa shape index (κ3) is 4.73. The Balaban J connectivity index is 1.61. The number of carbonyl (C=O) groups is 1. The number of carbonyl (C=O) groups excluding carboxylic acids is 1. The number of rotatable bonds is 6. The fraction of sp³-hybridized carbons (Fsp3) is 0.217. The molecule has 1 unspecified atom stereocenters. The van der Waals surface area contributed by atoms with Gasteiger partial charge >= 0.3 is 12.5 Å². The molecule has 1 aliphatic rings. The summed E-state index contributed by atoms with van der Waals surface area (Å²) in [5, 5.41) is 10.4. The molecule has 1 aromatic heterocycles. The molecule has 1 aliphatic heterocycles. The SMILES string of the molecule is COc1cccc(Oc2ccc(CN3C(=O)C(O)(C(F)(F)F)c4cc(OC(F)(F)F)ccc43)cc2)n1. The summed E-state index contributed by atoms with van der Waals surface area (Å²) in [4.78, 5) is 17.5. The Morgan fingerprint density at radius 3 is 2.19 bits per heavy atom. The molecule has 1 amide bonds. The largest absolute Gasteiger partial charge is 0.573 e. The number of anilines is 1. The Bertz CT molecular complexity index is 1280. The van der Waals surface area contributed by atoms with Gasteiger partial charge in [0, 0.05) is 17.7 Å². The lowest BCUT2D eigenvalue weighted by Gasteiger charge is -2.25. The zero-order valence-electron chi connectivity index (χ0n) is 18.2. The summed E-state index contributed by atoms with van der Waals surface area (Å²) < 4.78 is 93.3. The number of benzene rings is 2. The second-order valence-corrected chi connectivity index (χ2v) is 7.59. The summed E-state index contributed by atoms with van der Waals surface area (Å²) in [5.41, 5.74) is -5.17. The van der Waals surface area contributed by atoms with Gasteiger partial charge in [0.05, 0.1) is 19.3 Å². The highest BCUT2D eigenvalue weighted by Gasteiger charge is 2.66. The van der Waals surface area contributed by atoms with Crippen molar-refractivity contribution < 1.29 is 50.5 Å². The van der Waals surface area contributed by atoms with Gasteiger partial charge in [-0.25, -0.2) is 0 Å². The van der Waals surface area contributed by atoms with Crippen LogP contribution in [0.1, 0.15) is 11.1 Å². The highest BCUT2D eigenvalue weighted by molar-refractivity contribution is 6.07. The Kier molecular flexibility index (Phi) is 6.20. The normalized spacial score (nSPS) is 17.7. The van der Waals surface area contributed by atoms with Crippen LogP contribution >= 0.6 is 0 Å². The van der Waals surface area contributed by atoms with E-state index in [0.717, 1.165) is 12.1 Å². The fourth-order valence-electron chi connectivity index (χ4n) is 3.62. The van der Waals surface area contributed by atoms with Crippen LogP contribution in [0.15, 0.2) is 60.7 Å². The number of fused-ring (bicyclic) bond motifs is 1. The van der Waals surface area contributed by atoms with E-state index in [1.807, 2.05) is 0 Å². The van der Waals surface area contributed by atoms with Gasteiger partial charge < -0.3 is 24.2 Å². The maximum atomic E-state index is 13.8. The van der Waals surface area contributed by atoms with Gasteiger partial charge in [0.25, 0.3) is 11.5 Å². The zero-order chi connectivity index (χ0) is 26.3. The Morgan fingerprint density at radius 1 is 0.944 bits per heavy atom. The van der Waals surface area contributed by atoms with Gasteiger partial charge in [-0.15, -0.1) is 13.2 Å². The molecule has 13 heteroatoms. The molecule has 190 valence electrons. The average Bonchev–Trinajstić information content (AvgIpc) is 3.01. The van der Waals surface area contributed by atoms with E-state index in [1.54, 1.807) is 18.2 Å². The lowest BCUT2D eigenvalue weighted by Crippen LogP contribution is -2.50. The summed E-state index contributed by atoms with van der Waals surface area (Å²) in [6.45, 7) is -0.415. The highest BCUT2D eigenvalue weighted by atomic mass is 19.4. The molecule has 0 bridgehead atoms. The van der Waals surface area contributed by atoms with Crippen LogP contribution in [-0.2, 0) is 16.9 Å². The van der Waals surface area contributed by atoms with E-state index in [4.69, 9.17) is 9.47 Å². The van der Waals surface area contributed by atoms with E-state index in [-0.39, 0.29) is 5.88 Å². The van der Waals surface area contributed by atoms with Crippen LogP contribution in [0.4, 0.5) is 32.0 Å². The van der Waals surface area contributed by atoms with Crippen molar-refractivity contribution in [2.24, 2.45) is 0 Å². The number of hydrogen-bond donors (Lipinski definition) is 1. The van der Waals surface area contributed by atoms with Crippen molar-refractivity contribution in [3.63, 3.8) is 0 Å². The fourth-order valence-corrected chi connectivity index (χ4v) is 3.62. The molecule has 0 saturated carbocycles. The van der Waals surface area contributed by atoms with Crippen molar-refractivity contribution in [2.75, 3.05) is 12.0 Å². The Labute approximate surface area is 199 Å². The second kappa shape index (κ2) is 8.90. The Hall–Kier alpha value is -4.00. The lowest BCUT2D eigenvalue weighted by molar-refractivity contribution is -0.274. The lowest BCUT2D eigenvalue weighted by atomic mass is 9.94. The molecule has 7 nitrogen and oxygen atoms in total. The van der Waals surface area contributed by atoms with Gasteiger partial charge in [-0.2, -0.15) is 18.2 Å². The number of pyridine rings is 1. The van der Waals surface area contributed by atoms with Gasteiger partial charge in [0.15, 0.2) is 0 Å². The van der Waals surface area contributed by atoms with Gasteiger partial charge in [-0.3, -0.25) is 4.79 Å². The predicted molar refractivity (Wildman–Crippen MR) is 112 cm³/mol. The second-order valence-electron chi connectivity index (χ2n) is 7.59. The number of aromatic nitrogens is 1. The number of halogens is 6. The maximum absolute atomic E-state index is 13.8. The first-order valence-electron chi connectivity index (χ1n) is 10.1. The number of aliphatic hydroxyl groups is 1. The molecule has 2 aromatic carbocycles. The minimum Gasteiger partial charge on any atom is -0.481 e. The first-order valence-corrected chi connectivity index (χ1v) is 10.1. The number of hydrogen-bond acceptors (Lipinski definition) is 6. The summed E-state index contributed by atoms with van der Waals surface area (Å²) in [6.07, 6.45) is -10.7. The number of methoxy groups -OCH3 is 1. The molecule has 1 N–H and O–H groups in total. The molecular weight excluding hydrogens is 498 g/mol.